The smallest absolute Gasteiger partial charge is 0.212 e. The topological polar surface area (TPSA) is 86.7 Å². The number of benzene rings is 4. The van der Waals surface area contributed by atoms with Gasteiger partial charge in [0, 0.05) is 52.4 Å². The molecule has 12 heteroatoms. The SMILES string of the molecule is O=S(=O)(OS1(c2ccccc2)CCCC1)c1cccc2c1Sc1c(cccc1S(=O)(=O)OS1(c3ccccc3)CCCC1)S2. The average molecular weight is 705 g/mol. The molecule has 3 heterocycles. The Morgan fingerprint density at radius 2 is 0.864 bits per heavy atom. The van der Waals surface area contributed by atoms with Gasteiger partial charge >= 0.3 is 20.2 Å². The summed E-state index contributed by atoms with van der Waals surface area (Å²) in [6.45, 7) is 0. The van der Waals surface area contributed by atoms with Gasteiger partial charge in [-0.05, 0) is 74.2 Å². The zero-order valence-corrected chi connectivity index (χ0v) is 28.7. The van der Waals surface area contributed by atoms with Crippen LogP contribution in [0.25, 0.3) is 0 Å². The summed E-state index contributed by atoms with van der Waals surface area (Å²) in [4.78, 5) is 4.49. The van der Waals surface area contributed by atoms with Crippen LogP contribution in [0.2, 0.25) is 0 Å². The zero-order valence-electron chi connectivity index (χ0n) is 23.8. The summed E-state index contributed by atoms with van der Waals surface area (Å²) in [5.74, 6) is 2.78. The Hall–Kier alpha value is -1.90. The molecule has 0 amide bonds. The van der Waals surface area contributed by atoms with Crippen molar-refractivity contribution in [3.8, 4) is 0 Å². The Balaban J connectivity index is 1.25. The molecule has 232 valence electrons. The van der Waals surface area contributed by atoms with Crippen LogP contribution in [0.1, 0.15) is 25.7 Å². The van der Waals surface area contributed by atoms with Gasteiger partial charge in [-0.3, -0.25) is 0 Å². The molecule has 0 saturated carbocycles. The maximum Gasteiger partial charge on any atom is 0.307 e. The van der Waals surface area contributed by atoms with Gasteiger partial charge in [0.15, 0.2) is 0 Å². The maximum absolute atomic E-state index is 14.1. The van der Waals surface area contributed by atoms with Crippen LogP contribution in [-0.4, -0.2) is 39.8 Å². The quantitative estimate of drug-likeness (QED) is 0.158. The van der Waals surface area contributed by atoms with Crippen molar-refractivity contribution in [2.24, 2.45) is 0 Å². The molecule has 4 aromatic rings. The highest BCUT2D eigenvalue weighted by molar-refractivity contribution is 8.33. The van der Waals surface area contributed by atoms with E-state index in [0.29, 0.717) is 32.8 Å². The van der Waals surface area contributed by atoms with Crippen molar-refractivity contribution in [3.63, 3.8) is 0 Å². The van der Waals surface area contributed by atoms with Crippen LogP contribution in [0.5, 0.6) is 0 Å². The van der Waals surface area contributed by atoms with Gasteiger partial charge in [-0.2, -0.15) is 16.8 Å². The summed E-state index contributed by atoms with van der Waals surface area (Å²) >= 11 is 2.55. The minimum atomic E-state index is -4.18. The first-order valence-corrected chi connectivity index (χ1v) is 22.7. The number of rotatable bonds is 8. The Bertz CT molecular complexity index is 1760. The summed E-state index contributed by atoms with van der Waals surface area (Å²) < 4.78 is 68.9. The van der Waals surface area contributed by atoms with E-state index in [-0.39, 0.29) is 9.79 Å². The molecule has 0 aromatic heterocycles. The highest BCUT2D eigenvalue weighted by Crippen LogP contribution is 2.65. The molecule has 0 bridgehead atoms. The zero-order chi connectivity index (χ0) is 30.4. The van der Waals surface area contributed by atoms with Crippen molar-refractivity contribution in [2.45, 2.75) is 64.8 Å². The van der Waals surface area contributed by atoms with E-state index in [1.54, 1.807) is 24.3 Å². The fourth-order valence-corrected chi connectivity index (χ4v) is 20.8. The molecule has 2 saturated heterocycles. The normalized spacial score (nSPS) is 20.4. The monoisotopic (exact) mass is 704 g/mol. The highest BCUT2D eigenvalue weighted by atomic mass is 32.3. The molecule has 2 fully saturated rings. The molecule has 3 aliphatic rings. The third kappa shape index (κ3) is 5.66. The second-order valence-corrected chi connectivity index (χ2v) is 22.6. The number of hydrogen-bond acceptors (Lipinski definition) is 8. The maximum atomic E-state index is 14.1. The van der Waals surface area contributed by atoms with Crippen LogP contribution in [0.15, 0.2) is 136 Å². The lowest BCUT2D eigenvalue weighted by atomic mass is 10.3. The molecular formula is C32H32O6S6. The lowest BCUT2D eigenvalue weighted by Crippen LogP contribution is -2.16. The molecular weight excluding hydrogens is 673 g/mol. The summed E-state index contributed by atoms with van der Waals surface area (Å²) in [5, 5.41) is 0. The van der Waals surface area contributed by atoms with Crippen LogP contribution < -0.4 is 0 Å². The van der Waals surface area contributed by atoms with Gasteiger partial charge in [0.25, 0.3) is 0 Å². The third-order valence-electron chi connectivity index (χ3n) is 8.03. The standard InChI is InChI=1S/C32H32O6S6/c33-43(34,37-41(21-7-8-22-41)25-13-3-1-4-14-25)29-19-11-17-27-31(29)40-32-28(39-27)18-12-20-30(32)44(35,36)38-42(23-9-10-24-42)26-15-5-2-6-16-26/h1-6,11-20H,7-10,21-24H2. The first-order valence-electron chi connectivity index (χ1n) is 14.4. The summed E-state index contributed by atoms with van der Waals surface area (Å²) in [5.41, 5.74) is 0. The molecule has 3 aliphatic heterocycles. The third-order valence-corrected chi connectivity index (χ3v) is 22.3. The molecule has 44 heavy (non-hydrogen) atoms. The lowest BCUT2D eigenvalue weighted by Gasteiger charge is -2.35. The minimum absolute atomic E-state index is 0.0724. The summed E-state index contributed by atoms with van der Waals surface area (Å²) in [6, 6.07) is 29.7. The van der Waals surface area contributed by atoms with Gasteiger partial charge in [0.2, 0.25) is 0 Å². The van der Waals surface area contributed by atoms with Crippen LogP contribution in [0, 0.1) is 0 Å². The molecule has 0 radical (unpaired) electrons. The largest absolute Gasteiger partial charge is 0.307 e. The van der Waals surface area contributed by atoms with Gasteiger partial charge in [-0.15, -0.1) is 0 Å². The molecule has 0 spiro atoms. The predicted molar refractivity (Wildman–Crippen MR) is 180 cm³/mol. The Morgan fingerprint density at radius 3 is 1.25 bits per heavy atom. The van der Waals surface area contributed by atoms with Crippen molar-refractivity contribution in [3.05, 3.63) is 97.1 Å². The summed E-state index contributed by atoms with van der Waals surface area (Å²) in [6.07, 6.45) is 3.66. The second-order valence-electron chi connectivity index (χ2n) is 10.9. The van der Waals surface area contributed by atoms with E-state index < -0.39 is 40.9 Å². The van der Waals surface area contributed by atoms with Crippen molar-refractivity contribution in [2.75, 3.05) is 23.0 Å². The fraction of sp³-hybridized carbons (Fsp3) is 0.250. The average Bonchev–Trinajstić information content (AvgIpc) is 3.71. The molecule has 6 nitrogen and oxygen atoms in total. The van der Waals surface area contributed by atoms with Gasteiger partial charge in [0.05, 0.1) is 0 Å². The van der Waals surface area contributed by atoms with Crippen LogP contribution >= 0.6 is 44.1 Å². The van der Waals surface area contributed by atoms with Crippen LogP contribution in [0.4, 0.5) is 0 Å². The van der Waals surface area contributed by atoms with Gasteiger partial charge < -0.3 is 0 Å². The molecule has 0 N–H and O–H groups in total. The van der Waals surface area contributed by atoms with E-state index in [9.17, 15) is 16.8 Å². The molecule has 4 aromatic carbocycles. The van der Waals surface area contributed by atoms with Crippen LogP contribution in [-0.2, 0) is 27.5 Å². The molecule has 7 rings (SSSR count). The number of hydrogen-bond donors (Lipinski definition) is 0. The van der Waals surface area contributed by atoms with E-state index in [2.05, 4.69) is 0 Å². The van der Waals surface area contributed by atoms with E-state index in [4.69, 9.17) is 7.26 Å². The van der Waals surface area contributed by atoms with Crippen molar-refractivity contribution < 1.29 is 24.1 Å². The fourth-order valence-electron chi connectivity index (χ4n) is 5.95. The van der Waals surface area contributed by atoms with E-state index in [0.717, 1.165) is 45.3 Å². The minimum Gasteiger partial charge on any atom is -0.212 e. The second kappa shape index (κ2) is 12.0. The number of fused-ring (bicyclic) bond motifs is 2. The Labute approximate surface area is 271 Å². The molecule has 0 unspecified atom stereocenters. The lowest BCUT2D eigenvalue weighted by molar-refractivity contribution is 0.505. The first kappa shape index (κ1) is 30.7. The van der Waals surface area contributed by atoms with Gasteiger partial charge in [-0.1, -0.05) is 92.7 Å². The van der Waals surface area contributed by atoms with E-state index in [1.807, 2.05) is 72.8 Å². The molecule has 0 aliphatic carbocycles. The van der Waals surface area contributed by atoms with Gasteiger partial charge in [0.1, 0.15) is 9.79 Å². The predicted octanol–water partition coefficient (Wildman–Crippen LogP) is 8.86. The van der Waals surface area contributed by atoms with Crippen molar-refractivity contribution in [1.82, 2.24) is 0 Å². The Kier molecular flexibility index (Phi) is 8.41. The van der Waals surface area contributed by atoms with Gasteiger partial charge in [-0.25, -0.2) is 7.26 Å². The van der Waals surface area contributed by atoms with Crippen molar-refractivity contribution >= 4 is 64.4 Å². The van der Waals surface area contributed by atoms with E-state index in [1.165, 1.54) is 23.5 Å². The van der Waals surface area contributed by atoms with Crippen molar-refractivity contribution in [1.29, 1.82) is 0 Å². The molecule has 0 atom stereocenters. The highest BCUT2D eigenvalue weighted by Gasteiger charge is 2.41. The Morgan fingerprint density at radius 1 is 0.477 bits per heavy atom. The van der Waals surface area contributed by atoms with E-state index >= 15 is 0 Å². The summed E-state index contributed by atoms with van der Waals surface area (Å²) in [7, 11) is -12.4. The van der Waals surface area contributed by atoms with Crippen LogP contribution in [0.3, 0.4) is 0 Å². The first-order chi connectivity index (χ1) is 21.2.